The highest BCUT2D eigenvalue weighted by Crippen LogP contribution is 2.50. The monoisotopic (exact) mass is 1740 g/mol. The number of nitrogen functional groups attached to an aromatic ring is 5. The Morgan fingerprint density at radius 2 is 0.810 bits per heavy atom. The Morgan fingerprint density at radius 1 is 0.452 bits per heavy atom. The Kier molecular flexibility index (Phi) is 23.3. The van der Waals surface area contributed by atoms with Gasteiger partial charge in [0.2, 0.25) is 5.91 Å². The molecule has 0 radical (unpaired) electrons. The van der Waals surface area contributed by atoms with E-state index in [1.165, 1.54) is 44.6 Å². The minimum absolute atomic E-state index is 0.0227. The fraction of sp³-hybridized carbons (Fsp3) is 0.525. The number of imidazole rings is 5. The molecule has 9 aliphatic rings. The number of aromatic nitrogens is 20. The molecule has 0 saturated carbocycles. The molecule has 664 valence electrons. The van der Waals surface area contributed by atoms with Gasteiger partial charge in [-0.25, -0.2) is 74.8 Å². The first kappa shape index (κ1) is 86.2. The Hall–Kier alpha value is -11.9. The summed E-state index contributed by atoms with van der Waals surface area (Å²) >= 11 is 0. The first-order chi connectivity index (χ1) is 60.3. The number of amides is 1. The highest BCUT2D eigenvalue weighted by molar-refractivity contribution is 6.07. The summed E-state index contributed by atoms with van der Waals surface area (Å²) in [5, 5.41) is 6.52. The van der Waals surface area contributed by atoms with Crippen LogP contribution >= 0.6 is 0 Å². The molecule has 11 aromatic rings. The van der Waals surface area contributed by atoms with Crippen molar-refractivity contribution >= 4 is 103 Å². The highest BCUT2D eigenvalue weighted by Gasteiger charge is 2.60. The van der Waals surface area contributed by atoms with E-state index in [1.807, 2.05) is 50.7 Å². The standard InChI is InChI=1S/C30H37N11O6.C21H22N6O5.C16H20N6O3.C13H18N6O3/c1-14-15(2)28(45-18(14)10-43-16(3)42)41-19(39-21-25(32)35-12-37-27(21)41)7-6-8-33-9-17-22-23(47-30(4,5)46-22)29(44-17)40-13-38-20-24(31)34-11-36-26(20)40;1-21(2)31-15-13(7-12(28)10-5-3-4-6-11(10)18(23)29)30-20(16(15)32-21)27-9-26-14-17(22)24-8-25-19(14)27;1-4-5-18-6-9-11-12(25-16(2,3)24-11)15(23-9)22-8-21-10-13(17)19-7-20-14(10)22;1-13(2)21-8-6(3-14)20-12(9(8)22-13)19-5-18-7-10(15)16-4-17-11(7)19/h11-15,17-18,22-23,28-29,33H,8-10H2,1-5H3,(H2,31,34,36)(H2,32,35,37);3-6,8-9,13,15-16,20H,7H2,1-2H3,(H2,23,29)(H2,22,24,25);1,7-9,11-12,15,18H,5-6H2,2-3H3,(H2,17,19,20);4-6,8-9,12H,3,14H2,1-2H3,(H2,15,16,17)/t14?,15-,17+,18+,22?,23-,28+,29+;13-,15?,16+,20-;9-,11?,12+,15-;6-,8?,9+,12-/m0111/s1. The molecule has 9 fully saturated rings. The number of carbonyl (C=O) groups is 3. The number of nitrogens with zero attached hydrogens (tertiary/aromatic N) is 20. The van der Waals surface area contributed by atoms with Gasteiger partial charge in [-0.05, 0) is 73.3 Å². The third-order valence-corrected chi connectivity index (χ3v) is 23.0. The van der Waals surface area contributed by atoms with Crippen LogP contribution in [-0.4, -0.2) is 257 Å². The van der Waals surface area contributed by atoms with Gasteiger partial charge in [0.05, 0.1) is 50.6 Å². The van der Waals surface area contributed by atoms with E-state index in [0.717, 1.165) is 0 Å². The first-order valence-corrected chi connectivity index (χ1v) is 40.8. The number of terminal acetylenes is 1. The molecule has 46 nitrogen and oxygen atoms in total. The number of esters is 1. The second kappa shape index (κ2) is 34.1. The number of hydrogen-bond donors (Lipinski definition) is 9. The van der Waals surface area contributed by atoms with E-state index in [2.05, 4.69) is 117 Å². The van der Waals surface area contributed by atoms with E-state index in [0.29, 0.717) is 106 Å². The Labute approximate surface area is 718 Å². The van der Waals surface area contributed by atoms with Crippen LogP contribution in [0.15, 0.2) is 81.2 Å². The van der Waals surface area contributed by atoms with Crippen molar-refractivity contribution in [1.29, 1.82) is 0 Å². The average molecular weight is 1740 g/mol. The molecular weight excluding hydrogens is 1640 g/mol. The number of anilines is 5. The molecule has 46 heteroatoms. The summed E-state index contributed by atoms with van der Waals surface area (Å²) in [6.07, 6.45) is 11.7. The van der Waals surface area contributed by atoms with Gasteiger partial charge in [-0.2, -0.15) is 0 Å². The van der Waals surface area contributed by atoms with Crippen LogP contribution in [0.5, 0.6) is 0 Å². The van der Waals surface area contributed by atoms with Gasteiger partial charge in [0.1, 0.15) is 134 Å². The number of primary amides is 1. The predicted molar refractivity (Wildman–Crippen MR) is 443 cm³/mol. The summed E-state index contributed by atoms with van der Waals surface area (Å²) in [4.78, 5) is 99.9. The fourth-order valence-corrected chi connectivity index (χ4v) is 17.3. The molecule has 16 N–H and O–H groups in total. The number of ketones is 1. The zero-order valence-corrected chi connectivity index (χ0v) is 70.5. The van der Waals surface area contributed by atoms with Crippen LogP contribution in [-0.2, 0) is 71.1 Å². The van der Waals surface area contributed by atoms with Gasteiger partial charge in [0.15, 0.2) is 123 Å². The van der Waals surface area contributed by atoms with Crippen molar-refractivity contribution in [2.24, 2.45) is 23.3 Å². The van der Waals surface area contributed by atoms with Gasteiger partial charge < -0.3 is 117 Å². The number of fused-ring (bicyclic) bond motifs is 9. The van der Waals surface area contributed by atoms with Crippen LogP contribution in [0.1, 0.15) is 140 Å². The summed E-state index contributed by atoms with van der Waals surface area (Å²) in [7, 11) is 0. The molecule has 10 aromatic heterocycles. The summed E-state index contributed by atoms with van der Waals surface area (Å²) in [6.45, 7) is 22.7. The van der Waals surface area contributed by atoms with E-state index >= 15 is 0 Å². The predicted octanol–water partition coefficient (Wildman–Crippen LogP) is 1.95. The lowest BCUT2D eigenvalue weighted by molar-refractivity contribution is -0.196. The SMILES string of the molecule is C#CCNC[C@H]1O[C@@H](n2cnc3c(N)ncnc32)[C@H]2OC(C)(C)OC12.CC(=O)OC[C@H]1O[C@@H](n2c(C#CCNC[C@H]3O[C@@H](n4cnc5c(N)ncnc54)[C@H]4OC(C)(C)OC34)nc3c(N)ncnc32)[C@@H](C)C1C.CC1(C)OC2[C@@H](CC(=O)c3ccccc3C(N)=O)O[C@@H](n3cnc4c(N)ncnc43)[C@H]2O1.CC1(C)OC2[C@@H](CN)O[C@@H](n3cnc4c(N)ncnc43)[C@H]2O1. The van der Waals surface area contributed by atoms with Crippen LogP contribution in [0.4, 0.5) is 29.1 Å². The summed E-state index contributed by atoms with van der Waals surface area (Å²) in [6, 6.07) is 6.44. The van der Waals surface area contributed by atoms with Crippen molar-refractivity contribution < 1.29 is 80.7 Å². The number of ether oxygens (including phenoxy) is 14. The molecule has 20 rings (SSSR count). The molecule has 0 aliphatic carbocycles. The van der Waals surface area contributed by atoms with Crippen LogP contribution in [0.2, 0.25) is 0 Å². The maximum absolute atomic E-state index is 13.1. The van der Waals surface area contributed by atoms with Gasteiger partial charge >= 0.3 is 5.97 Å². The van der Waals surface area contributed by atoms with E-state index in [-0.39, 0.29) is 120 Å². The Morgan fingerprint density at radius 3 is 1.21 bits per heavy atom. The van der Waals surface area contributed by atoms with E-state index in [9.17, 15) is 14.4 Å². The maximum atomic E-state index is 13.1. The van der Waals surface area contributed by atoms with Crippen LogP contribution < -0.4 is 50.8 Å². The lowest BCUT2D eigenvalue weighted by Gasteiger charge is -2.24. The Bertz CT molecular complexity index is 6040. The molecule has 19 heterocycles. The molecule has 0 bridgehead atoms. The molecule has 126 heavy (non-hydrogen) atoms. The molecule has 1 amide bonds. The van der Waals surface area contributed by atoms with Crippen molar-refractivity contribution in [3.63, 3.8) is 0 Å². The van der Waals surface area contributed by atoms with Gasteiger partial charge in [-0.15, -0.1) is 6.42 Å². The molecule has 9 saturated heterocycles. The maximum Gasteiger partial charge on any atom is 0.302 e. The average Bonchev–Trinajstić information content (AvgIpc) is 1.62. The number of carbonyl (C=O) groups excluding carboxylic acids is 3. The number of hydrogen-bond acceptors (Lipinski definition) is 40. The molecule has 1 aromatic carbocycles. The number of nitrogens with one attached hydrogen (secondary N) is 2. The van der Waals surface area contributed by atoms with Gasteiger partial charge in [-0.3, -0.25) is 37.2 Å². The van der Waals surface area contributed by atoms with Crippen molar-refractivity contribution in [1.82, 2.24) is 108 Å². The molecule has 9 aliphatic heterocycles. The lowest BCUT2D eigenvalue weighted by atomic mass is 9.93. The van der Waals surface area contributed by atoms with Crippen molar-refractivity contribution in [3.05, 3.63) is 98.2 Å². The third kappa shape index (κ3) is 16.5. The van der Waals surface area contributed by atoms with Crippen molar-refractivity contribution in [2.45, 2.75) is 216 Å². The molecule has 0 spiro atoms. The van der Waals surface area contributed by atoms with E-state index < -0.39 is 84.6 Å². The van der Waals surface area contributed by atoms with E-state index in [4.69, 9.17) is 113 Å². The van der Waals surface area contributed by atoms with Crippen molar-refractivity contribution in [2.75, 3.05) is 68.0 Å². The smallest absolute Gasteiger partial charge is 0.302 e. The number of benzene rings is 1. The fourth-order valence-electron chi connectivity index (χ4n) is 17.3. The van der Waals surface area contributed by atoms with Crippen LogP contribution in [0, 0.1) is 36.0 Å². The second-order valence-electron chi connectivity index (χ2n) is 33.2. The largest absolute Gasteiger partial charge is 0.463 e. The van der Waals surface area contributed by atoms with E-state index in [1.54, 1.807) is 71.1 Å². The summed E-state index contributed by atoms with van der Waals surface area (Å²) in [5.41, 5.74) is 46.6. The minimum Gasteiger partial charge on any atom is -0.463 e. The first-order valence-electron chi connectivity index (χ1n) is 40.8. The van der Waals surface area contributed by atoms with Gasteiger partial charge in [0.25, 0.3) is 0 Å². The molecule has 5 unspecified atom stereocenters. The number of Topliss-reactive ketones (excluding diaryl/α,β-unsaturated/α-hetero) is 1. The number of rotatable bonds is 18. The second-order valence-corrected chi connectivity index (χ2v) is 33.2. The summed E-state index contributed by atoms with van der Waals surface area (Å²) < 4.78 is 94.3. The van der Waals surface area contributed by atoms with Crippen LogP contribution in [0.3, 0.4) is 0 Å². The van der Waals surface area contributed by atoms with Crippen LogP contribution in [0.25, 0.3) is 55.8 Å². The van der Waals surface area contributed by atoms with Gasteiger partial charge in [-0.1, -0.05) is 43.9 Å². The number of nitrogens with two attached hydrogens (primary N) is 7. The minimum atomic E-state index is -0.867. The zero-order valence-electron chi connectivity index (χ0n) is 70.5. The molecule has 20 atom stereocenters. The molecular formula is C80H97N29O17. The normalized spacial score (nSPS) is 29.6. The lowest BCUT2D eigenvalue weighted by Crippen LogP contribution is -2.37. The quantitative estimate of drug-likeness (QED) is 0.0256. The van der Waals surface area contributed by atoms with Gasteiger partial charge in [0, 0.05) is 50.0 Å². The highest BCUT2D eigenvalue weighted by atomic mass is 16.8. The van der Waals surface area contributed by atoms with Crippen molar-refractivity contribution in [3.8, 4) is 24.2 Å². The summed E-state index contributed by atoms with van der Waals surface area (Å²) in [5.74, 6) is 6.57. The topological polar surface area (TPSA) is 605 Å². The third-order valence-electron chi connectivity index (χ3n) is 23.0. The Balaban J connectivity index is 0.000000124. The zero-order chi connectivity index (χ0) is 88.7.